The predicted octanol–water partition coefficient (Wildman–Crippen LogP) is 2.59. The van der Waals surface area contributed by atoms with Gasteiger partial charge in [0.25, 0.3) is 0 Å². The van der Waals surface area contributed by atoms with Crippen LogP contribution in [0.5, 0.6) is 0 Å². The maximum atomic E-state index is 12.8. The molecule has 4 rings (SSSR count). The molecule has 2 heterocycles. The van der Waals surface area contributed by atoms with Crippen LogP contribution in [0.2, 0.25) is 10.0 Å². The third-order valence-corrected chi connectivity index (χ3v) is 6.41. The molecule has 162 valence electrons. The molecule has 2 aromatic carbocycles. The lowest BCUT2D eigenvalue weighted by Crippen LogP contribution is -2.38. The van der Waals surface area contributed by atoms with Crippen molar-refractivity contribution in [3.63, 3.8) is 0 Å². The van der Waals surface area contributed by atoms with Gasteiger partial charge in [-0.05, 0) is 35.7 Å². The highest BCUT2D eigenvalue weighted by Gasteiger charge is 2.14. The number of nitrogens with zero attached hydrogens (tertiary/aromatic N) is 2. The summed E-state index contributed by atoms with van der Waals surface area (Å²) in [6.45, 7) is 4.31. The minimum atomic E-state index is -1.48. The number of fused-ring (bicyclic) bond motifs is 1. The summed E-state index contributed by atoms with van der Waals surface area (Å²) in [5.41, 5.74) is 1.47. The van der Waals surface area contributed by atoms with E-state index in [1.165, 1.54) is 6.20 Å². The van der Waals surface area contributed by atoms with Gasteiger partial charge in [0.2, 0.25) is 0 Å². The molecule has 0 aliphatic carbocycles. The van der Waals surface area contributed by atoms with Crippen molar-refractivity contribution in [3.8, 4) is 0 Å². The van der Waals surface area contributed by atoms with Gasteiger partial charge in [-0.1, -0.05) is 41.4 Å². The third-order valence-electron chi connectivity index (χ3n) is 5.55. The number of carbonyl (C=O) groups is 1. The molecule has 1 saturated heterocycles. The first kappa shape index (κ1) is 21.8. The zero-order valence-electron chi connectivity index (χ0n) is 16.8. The Labute approximate surface area is 189 Å². The summed E-state index contributed by atoms with van der Waals surface area (Å²) in [6, 6.07) is 10.9. The molecule has 0 bridgehead atoms. The lowest BCUT2D eigenvalue weighted by molar-refractivity contribution is -0.255. The van der Waals surface area contributed by atoms with Gasteiger partial charge in [-0.15, -0.1) is 0 Å². The number of hydrogen-bond acceptors (Lipinski definition) is 5. The first-order valence-electron chi connectivity index (χ1n) is 10.0. The van der Waals surface area contributed by atoms with Crippen LogP contribution in [0.3, 0.4) is 0 Å². The molecule has 1 aromatic heterocycles. The van der Waals surface area contributed by atoms with Crippen molar-refractivity contribution < 1.29 is 14.6 Å². The highest BCUT2D eigenvalue weighted by Crippen LogP contribution is 2.28. The van der Waals surface area contributed by atoms with Crippen LogP contribution in [0.1, 0.15) is 21.5 Å². The van der Waals surface area contributed by atoms with Crippen LogP contribution in [0, 0.1) is 0 Å². The summed E-state index contributed by atoms with van der Waals surface area (Å²) < 4.78 is 7.19. The standard InChI is InChI=1S/C23H22Cl2N2O4/c24-19-3-1-2-16(21(19)25)12-15-4-5-20-17(13-15)22(28)18(23(29)30)14-27(20)7-6-26-8-10-31-11-9-26/h1-5,13-14H,6-12H2,(H,29,30)/p-1. The summed E-state index contributed by atoms with van der Waals surface area (Å²) in [7, 11) is 0. The number of aromatic carboxylic acids is 1. The van der Waals surface area contributed by atoms with E-state index in [1.54, 1.807) is 12.1 Å². The Kier molecular flexibility index (Phi) is 6.62. The third kappa shape index (κ3) is 4.77. The number of hydrogen-bond donors (Lipinski definition) is 0. The van der Waals surface area contributed by atoms with Gasteiger partial charge < -0.3 is 19.2 Å². The van der Waals surface area contributed by atoms with Crippen molar-refractivity contribution in [2.45, 2.75) is 13.0 Å². The SMILES string of the molecule is O=C([O-])c1cn(CCN2CCOCC2)c2ccc(Cc3cccc(Cl)c3Cl)cc2c1=O. The van der Waals surface area contributed by atoms with E-state index in [2.05, 4.69) is 4.90 Å². The molecule has 8 heteroatoms. The van der Waals surface area contributed by atoms with Crippen LogP contribution in [0.4, 0.5) is 0 Å². The van der Waals surface area contributed by atoms with Gasteiger partial charge in [0.15, 0.2) is 5.43 Å². The zero-order valence-corrected chi connectivity index (χ0v) is 18.3. The van der Waals surface area contributed by atoms with Crippen molar-refractivity contribution in [1.82, 2.24) is 9.47 Å². The first-order valence-corrected chi connectivity index (χ1v) is 10.8. The molecule has 0 saturated carbocycles. The number of aromatic nitrogens is 1. The Balaban J connectivity index is 1.71. The maximum absolute atomic E-state index is 12.8. The number of carboxylic acids is 1. The average molecular weight is 460 g/mol. The molecule has 1 aliphatic heterocycles. The van der Waals surface area contributed by atoms with Crippen LogP contribution in [0.25, 0.3) is 10.9 Å². The van der Waals surface area contributed by atoms with Gasteiger partial charge in [0.05, 0.1) is 40.3 Å². The van der Waals surface area contributed by atoms with Gasteiger partial charge in [-0.2, -0.15) is 0 Å². The predicted molar refractivity (Wildman–Crippen MR) is 119 cm³/mol. The van der Waals surface area contributed by atoms with E-state index < -0.39 is 11.4 Å². The molecule has 3 aromatic rings. The lowest BCUT2D eigenvalue weighted by atomic mass is 10.0. The number of pyridine rings is 1. The molecule has 0 unspecified atom stereocenters. The number of carbonyl (C=O) groups excluding carboxylic acids is 1. The Bertz CT molecular complexity index is 1190. The van der Waals surface area contributed by atoms with E-state index in [9.17, 15) is 14.7 Å². The Morgan fingerprint density at radius 1 is 1.10 bits per heavy atom. The van der Waals surface area contributed by atoms with Gasteiger partial charge >= 0.3 is 0 Å². The molecule has 0 spiro atoms. The second-order valence-corrected chi connectivity index (χ2v) is 8.33. The topological polar surface area (TPSA) is 74.6 Å². The summed E-state index contributed by atoms with van der Waals surface area (Å²) in [4.78, 5) is 26.7. The molecule has 0 atom stereocenters. The van der Waals surface area contributed by atoms with Crippen molar-refractivity contribution >= 4 is 40.1 Å². The van der Waals surface area contributed by atoms with Crippen LogP contribution < -0.4 is 10.5 Å². The fourth-order valence-corrected chi connectivity index (χ4v) is 4.25. The Morgan fingerprint density at radius 2 is 1.87 bits per heavy atom. The fourth-order valence-electron chi connectivity index (χ4n) is 3.86. The molecule has 0 amide bonds. The van der Waals surface area contributed by atoms with Gasteiger partial charge in [0, 0.05) is 37.8 Å². The summed E-state index contributed by atoms with van der Waals surface area (Å²) >= 11 is 12.4. The van der Waals surface area contributed by atoms with E-state index in [4.69, 9.17) is 27.9 Å². The molecule has 0 N–H and O–H groups in total. The second-order valence-electron chi connectivity index (χ2n) is 7.55. The van der Waals surface area contributed by atoms with Crippen molar-refractivity contribution in [2.75, 3.05) is 32.8 Å². The molecule has 0 radical (unpaired) electrons. The van der Waals surface area contributed by atoms with Crippen molar-refractivity contribution in [3.05, 3.63) is 79.6 Å². The summed E-state index contributed by atoms with van der Waals surface area (Å²) in [5.74, 6) is -1.48. The highest BCUT2D eigenvalue weighted by atomic mass is 35.5. The average Bonchev–Trinajstić information content (AvgIpc) is 2.77. The number of rotatable bonds is 6. The number of benzene rings is 2. The molecule has 6 nitrogen and oxygen atoms in total. The minimum Gasteiger partial charge on any atom is -0.545 e. The van der Waals surface area contributed by atoms with E-state index in [0.29, 0.717) is 47.1 Å². The monoisotopic (exact) mass is 459 g/mol. The Hall–Kier alpha value is -2.38. The zero-order chi connectivity index (χ0) is 22.0. The van der Waals surface area contributed by atoms with E-state index in [-0.39, 0.29) is 5.56 Å². The second kappa shape index (κ2) is 9.40. The van der Waals surface area contributed by atoms with Crippen LogP contribution in [-0.2, 0) is 17.7 Å². The summed E-state index contributed by atoms with van der Waals surface area (Å²) in [5, 5.41) is 12.9. The van der Waals surface area contributed by atoms with E-state index in [1.807, 2.05) is 28.8 Å². The Morgan fingerprint density at radius 3 is 2.61 bits per heavy atom. The minimum absolute atomic E-state index is 0.340. The number of morpholine rings is 1. The van der Waals surface area contributed by atoms with Crippen molar-refractivity contribution in [1.29, 1.82) is 0 Å². The molecular formula is C23H21Cl2N2O4-. The van der Waals surface area contributed by atoms with Gasteiger partial charge in [-0.25, -0.2) is 0 Å². The molecule has 1 fully saturated rings. The highest BCUT2D eigenvalue weighted by molar-refractivity contribution is 6.42. The lowest BCUT2D eigenvalue weighted by Gasteiger charge is -2.27. The van der Waals surface area contributed by atoms with Crippen LogP contribution in [-0.4, -0.2) is 48.3 Å². The maximum Gasteiger partial charge on any atom is 0.198 e. The number of halogens is 2. The fraction of sp³-hybridized carbons (Fsp3) is 0.304. The number of carboxylic acid groups (broad SMARTS) is 1. The smallest absolute Gasteiger partial charge is 0.198 e. The number of ether oxygens (including phenoxy) is 1. The molecular weight excluding hydrogens is 439 g/mol. The quantitative estimate of drug-likeness (QED) is 0.566. The van der Waals surface area contributed by atoms with Crippen molar-refractivity contribution in [2.24, 2.45) is 0 Å². The van der Waals surface area contributed by atoms with Gasteiger partial charge in [0.1, 0.15) is 0 Å². The largest absolute Gasteiger partial charge is 0.545 e. The first-order chi connectivity index (χ1) is 14.9. The van der Waals surface area contributed by atoms with E-state index in [0.717, 1.165) is 30.8 Å². The van der Waals surface area contributed by atoms with Crippen LogP contribution >= 0.6 is 23.2 Å². The molecule has 1 aliphatic rings. The summed E-state index contributed by atoms with van der Waals surface area (Å²) in [6.07, 6.45) is 1.85. The van der Waals surface area contributed by atoms with E-state index >= 15 is 0 Å². The molecule has 31 heavy (non-hydrogen) atoms. The van der Waals surface area contributed by atoms with Crippen LogP contribution in [0.15, 0.2) is 47.4 Å². The van der Waals surface area contributed by atoms with Gasteiger partial charge in [-0.3, -0.25) is 9.69 Å². The normalized spacial score (nSPS) is 14.8.